The van der Waals surface area contributed by atoms with Gasteiger partial charge >= 0.3 is 0 Å². The molecule has 4 aromatic carbocycles. The predicted molar refractivity (Wildman–Crippen MR) is 294 cm³/mol. The summed E-state index contributed by atoms with van der Waals surface area (Å²) in [6.45, 7) is 16.8. The number of fused-ring (bicyclic) bond motifs is 1. The molecule has 0 radical (unpaired) electrons. The van der Waals surface area contributed by atoms with Crippen LogP contribution in [0.1, 0.15) is 157 Å². The highest BCUT2D eigenvalue weighted by Gasteiger charge is 2.33. The van der Waals surface area contributed by atoms with E-state index in [0.717, 1.165) is 47.9 Å². The van der Waals surface area contributed by atoms with Gasteiger partial charge < -0.3 is 24.4 Å². The maximum atomic E-state index is 14.6. The minimum Gasteiger partial charge on any atom is -0.506 e. The number of hydrogen-bond acceptors (Lipinski definition) is 13. The fraction of sp³-hybridized carbons (Fsp3) is 0.593. The molecule has 0 aliphatic rings. The molecule has 0 saturated heterocycles. The Morgan fingerprint density at radius 3 is 1.78 bits per heavy atom. The van der Waals surface area contributed by atoms with Crippen molar-refractivity contribution in [3.05, 3.63) is 60.2 Å². The molecule has 0 aromatic heterocycles. The number of azo groups is 1. The van der Waals surface area contributed by atoms with Crippen molar-refractivity contribution >= 4 is 63.6 Å². The van der Waals surface area contributed by atoms with Gasteiger partial charge in [0, 0.05) is 42.6 Å². The fourth-order valence-corrected chi connectivity index (χ4v) is 12.7. The van der Waals surface area contributed by atoms with E-state index >= 15 is 0 Å². The Balaban J connectivity index is 1.69. The van der Waals surface area contributed by atoms with Crippen LogP contribution in [-0.2, 0) is 40.2 Å². The van der Waals surface area contributed by atoms with Crippen LogP contribution in [0.2, 0.25) is 0 Å². The minimum atomic E-state index is -4.59. The van der Waals surface area contributed by atoms with Gasteiger partial charge in [-0.2, -0.15) is 9.42 Å². The summed E-state index contributed by atoms with van der Waals surface area (Å²) in [5, 5.41) is 31.7. The molecule has 4 aromatic rings. The summed E-state index contributed by atoms with van der Waals surface area (Å²) >= 11 is 0. The zero-order valence-corrected chi connectivity index (χ0v) is 47.4. The highest BCUT2D eigenvalue weighted by molar-refractivity contribution is 7.93. The van der Waals surface area contributed by atoms with Gasteiger partial charge in [0.2, 0.25) is 20.0 Å². The molecule has 4 N–H and O–H groups in total. The van der Waals surface area contributed by atoms with Gasteiger partial charge in [-0.05, 0) is 60.1 Å². The lowest BCUT2D eigenvalue weighted by molar-refractivity contribution is 0.144. The number of benzene rings is 4. The van der Waals surface area contributed by atoms with Gasteiger partial charge in [-0.1, -0.05) is 151 Å². The lowest BCUT2D eigenvalue weighted by Gasteiger charge is -2.34. The van der Waals surface area contributed by atoms with Crippen molar-refractivity contribution in [2.45, 2.75) is 167 Å². The third-order valence-electron chi connectivity index (χ3n) is 12.5. The average molecular weight is 1070 g/mol. The second-order valence-corrected chi connectivity index (χ2v) is 25.9. The molecule has 0 atom stereocenters. The Hall–Kier alpha value is -4.69. The third-order valence-corrected chi connectivity index (χ3v) is 16.6. The van der Waals surface area contributed by atoms with Crippen LogP contribution in [0.5, 0.6) is 23.0 Å². The molecule has 408 valence electrons. The van der Waals surface area contributed by atoms with Gasteiger partial charge in [0.1, 0.15) is 39.4 Å². The number of nitrogens with zero attached hydrogens (tertiary/aromatic N) is 3. The molecule has 0 fully saturated rings. The number of phenols is 2. The summed E-state index contributed by atoms with van der Waals surface area (Å²) in [6.07, 6.45) is 18.8. The van der Waals surface area contributed by atoms with E-state index in [1.165, 1.54) is 120 Å². The first kappa shape index (κ1) is 60.9. The monoisotopic (exact) mass is 1070 g/mol. The van der Waals surface area contributed by atoms with Crippen LogP contribution in [0.4, 0.5) is 22.7 Å². The smallest absolute Gasteiger partial charge is 0.265 e. The summed E-state index contributed by atoms with van der Waals surface area (Å²) in [5.74, 6) is -0.544. The summed E-state index contributed by atoms with van der Waals surface area (Å²) in [6, 6.07) is 12.5. The van der Waals surface area contributed by atoms with E-state index in [1.54, 1.807) is 19.9 Å². The van der Waals surface area contributed by atoms with Crippen molar-refractivity contribution in [1.82, 2.24) is 4.31 Å². The molecular weight excluding hydrogens is 991 g/mol. The summed E-state index contributed by atoms with van der Waals surface area (Å²) in [5.41, 5.74) is -0.115. The number of phenolic OH excluding ortho intramolecular Hbond substituents is 2. The van der Waals surface area contributed by atoms with E-state index < -0.39 is 46.1 Å². The molecule has 73 heavy (non-hydrogen) atoms. The second kappa shape index (κ2) is 27.7. The van der Waals surface area contributed by atoms with Crippen molar-refractivity contribution in [3.63, 3.8) is 0 Å². The Bertz CT molecular complexity index is 2790. The van der Waals surface area contributed by atoms with Crippen molar-refractivity contribution in [3.8, 4) is 23.0 Å². The third kappa shape index (κ3) is 18.3. The summed E-state index contributed by atoms with van der Waals surface area (Å²) in [4.78, 5) is -0.861. The van der Waals surface area contributed by atoms with Crippen molar-refractivity contribution < 1.29 is 49.7 Å². The van der Waals surface area contributed by atoms with E-state index in [4.69, 9.17) is 14.2 Å². The Labute approximate surface area is 436 Å². The first-order chi connectivity index (χ1) is 34.4. The molecule has 0 bridgehead atoms. The Morgan fingerprint density at radius 2 is 1.22 bits per heavy atom. The van der Waals surface area contributed by atoms with Gasteiger partial charge in [0.25, 0.3) is 10.0 Å². The topological polar surface area (TPSA) is 223 Å². The maximum absolute atomic E-state index is 14.6. The van der Waals surface area contributed by atoms with Crippen LogP contribution in [0.15, 0.2) is 74.6 Å². The molecule has 4 rings (SSSR count). The zero-order chi connectivity index (χ0) is 54.0. The Morgan fingerprint density at radius 1 is 0.630 bits per heavy atom. The van der Waals surface area contributed by atoms with Crippen molar-refractivity contribution in [2.24, 2.45) is 15.6 Å². The highest BCUT2D eigenvalue weighted by atomic mass is 32.2. The number of rotatable bonds is 33. The number of anilines is 2. The molecule has 0 spiro atoms. The molecule has 16 nitrogen and oxygen atoms in total. The Kier molecular flexibility index (Phi) is 23.1. The van der Waals surface area contributed by atoms with Crippen molar-refractivity contribution in [1.29, 1.82) is 0 Å². The minimum absolute atomic E-state index is 0.0130. The molecule has 0 aliphatic carbocycles. The number of hydrogen-bond donors (Lipinski definition) is 4. The van der Waals surface area contributed by atoms with Crippen LogP contribution < -0.4 is 18.9 Å². The highest BCUT2D eigenvalue weighted by Crippen LogP contribution is 2.46. The van der Waals surface area contributed by atoms with Crippen LogP contribution in [-0.4, -0.2) is 86.0 Å². The zero-order valence-electron chi connectivity index (χ0n) is 45.0. The molecule has 0 aliphatic heterocycles. The first-order valence-electron chi connectivity index (χ1n) is 25.9. The predicted octanol–water partition coefficient (Wildman–Crippen LogP) is 13.5. The lowest BCUT2D eigenvalue weighted by Crippen LogP contribution is -2.30. The number of sulfonamides is 3. The SMILES string of the molecule is CCCCCCCCCCCCCCCCOc1cc(NS(=O)(=O)c2cc(N=Nc3cc(S(=O)(=O)N(CC)CC)c(O)c4cccc(NS(C)(=O)=O)c34)ccc2OCCOC)c(O)cc1C(C)(C)CC(C)(C)C. The van der Waals surface area contributed by atoms with Gasteiger partial charge in [-0.25, -0.2) is 25.3 Å². The number of methoxy groups -OCH3 is 1. The number of nitrogens with one attached hydrogen (secondary N) is 2. The van der Waals surface area contributed by atoms with Gasteiger partial charge in [0.05, 0.1) is 42.2 Å². The molecule has 0 saturated carbocycles. The largest absolute Gasteiger partial charge is 0.506 e. The molecule has 0 unspecified atom stereocenters. The molecule has 0 heterocycles. The average Bonchev–Trinajstić information content (AvgIpc) is 3.30. The van der Waals surface area contributed by atoms with E-state index in [0.29, 0.717) is 12.4 Å². The van der Waals surface area contributed by atoms with Crippen LogP contribution in [0, 0.1) is 5.41 Å². The molecule has 19 heteroatoms. The molecular formula is C54H83N5O11S3. The first-order valence-corrected chi connectivity index (χ1v) is 30.7. The van der Waals surface area contributed by atoms with E-state index in [1.807, 2.05) is 0 Å². The number of aromatic hydroxyl groups is 2. The standard InChI is InChI=1S/C54H83N5O11S3/c1-11-14-15-16-17-18-19-20-21-22-23-24-25-26-32-69-48-37-44(46(60)36-42(48)54(7,8)39-53(4,5)6)58-72(64,65)49-35-40(30-31-47(49)70-34-33-68-9)55-56-45-38-50(73(66,67)59(12-2)13-3)52(61)41-28-27-29-43(51(41)45)57-71(10,62)63/h27-31,35-38,57-58,60-61H,11-26,32-34,39H2,1-10H3. The van der Waals surface area contributed by atoms with Gasteiger partial charge in [-0.15, -0.1) is 5.11 Å². The summed E-state index contributed by atoms with van der Waals surface area (Å²) < 4.78 is 105. The maximum Gasteiger partial charge on any atom is 0.265 e. The van der Waals surface area contributed by atoms with Crippen LogP contribution in [0.3, 0.4) is 0 Å². The van der Waals surface area contributed by atoms with Crippen LogP contribution in [0.25, 0.3) is 10.8 Å². The second-order valence-electron chi connectivity index (χ2n) is 20.6. The van der Waals surface area contributed by atoms with E-state index in [-0.39, 0.29) is 81.6 Å². The fourth-order valence-electron chi connectivity index (χ4n) is 9.32. The number of ether oxygens (including phenoxy) is 3. The van der Waals surface area contributed by atoms with Crippen molar-refractivity contribution in [2.75, 3.05) is 55.7 Å². The van der Waals surface area contributed by atoms with Crippen LogP contribution >= 0.6 is 0 Å². The van der Waals surface area contributed by atoms with Gasteiger partial charge in [0.15, 0.2) is 0 Å². The normalized spacial score (nSPS) is 12.8. The van der Waals surface area contributed by atoms with E-state index in [9.17, 15) is 35.5 Å². The van der Waals surface area contributed by atoms with Gasteiger partial charge in [-0.3, -0.25) is 9.44 Å². The lowest BCUT2D eigenvalue weighted by atomic mass is 9.72. The number of unbranched alkanes of at least 4 members (excludes halogenated alkanes) is 13. The quantitative estimate of drug-likeness (QED) is 0.0199. The van der Waals surface area contributed by atoms with E-state index in [2.05, 4.69) is 61.2 Å². The summed E-state index contributed by atoms with van der Waals surface area (Å²) in [7, 11) is -11.3. The molecule has 0 amide bonds.